The summed E-state index contributed by atoms with van der Waals surface area (Å²) in [6.45, 7) is 0. The van der Waals surface area contributed by atoms with E-state index >= 15 is 0 Å². The van der Waals surface area contributed by atoms with Crippen molar-refractivity contribution in [1.29, 1.82) is 0 Å². The second-order valence-electron chi connectivity index (χ2n) is 3.63. The molecule has 0 aliphatic heterocycles. The number of Topliss-reactive ketones (excluding diaryl/α,β-unsaturated/α-hetero) is 1. The minimum absolute atomic E-state index is 0.0482. The summed E-state index contributed by atoms with van der Waals surface area (Å²) in [6, 6.07) is 1.52. The lowest BCUT2D eigenvalue weighted by atomic mass is 10.1. The van der Waals surface area contributed by atoms with Crippen LogP contribution >= 0.6 is 0 Å². The van der Waals surface area contributed by atoms with Gasteiger partial charge in [0.25, 0.3) is 0 Å². The minimum atomic E-state index is -4.87. The topological polar surface area (TPSA) is 51.2 Å². The van der Waals surface area contributed by atoms with Crippen LogP contribution in [0.2, 0.25) is 0 Å². The molecule has 7 heteroatoms. The van der Waals surface area contributed by atoms with Crippen LogP contribution in [0.25, 0.3) is 0 Å². The first-order valence-electron chi connectivity index (χ1n) is 4.72. The van der Waals surface area contributed by atoms with Gasteiger partial charge < -0.3 is 0 Å². The Morgan fingerprint density at radius 2 is 1.82 bits per heavy atom. The molecule has 0 spiro atoms. The minimum Gasteiger partial charge on any atom is -0.294 e. The molecule has 0 bridgehead atoms. The van der Waals surface area contributed by atoms with Crippen LogP contribution in [0.5, 0.6) is 0 Å². The Balaban J connectivity index is 2.75. The largest absolute Gasteiger partial charge is 0.341 e. The summed E-state index contributed by atoms with van der Waals surface area (Å²) in [5, 5.41) is 0. The Morgan fingerprint density at radius 1 is 1.18 bits per heavy atom. The van der Waals surface area contributed by atoms with Gasteiger partial charge in [-0.3, -0.25) is 4.79 Å². The lowest BCUT2D eigenvalue weighted by molar-refractivity contribution is 0.0991. The maximum absolute atomic E-state index is 13.3. The Kier molecular flexibility index (Phi) is 2.73. The third-order valence-corrected chi connectivity index (χ3v) is 4.06. The van der Waals surface area contributed by atoms with Crippen LogP contribution in [0.4, 0.5) is 13.2 Å². The zero-order valence-corrected chi connectivity index (χ0v) is 9.23. The number of carbonyl (C=O) groups is 1. The molecule has 2 rings (SSSR count). The van der Waals surface area contributed by atoms with Crippen molar-refractivity contribution in [1.82, 2.24) is 0 Å². The molecule has 0 N–H and O–H groups in total. The van der Waals surface area contributed by atoms with Gasteiger partial charge in [0, 0.05) is 17.5 Å². The number of fused-ring (bicyclic) bond motifs is 1. The van der Waals surface area contributed by atoms with E-state index in [4.69, 9.17) is 0 Å². The predicted molar refractivity (Wildman–Crippen MR) is 52.2 cm³/mol. The van der Waals surface area contributed by atoms with E-state index in [0.717, 1.165) is 12.1 Å². The van der Waals surface area contributed by atoms with Crippen LogP contribution in [0.1, 0.15) is 22.3 Å². The van der Waals surface area contributed by atoms with E-state index in [2.05, 4.69) is 0 Å². The number of hydrogen-bond acceptors (Lipinski definition) is 3. The van der Waals surface area contributed by atoms with Gasteiger partial charge in [0.05, 0.1) is 4.90 Å². The summed E-state index contributed by atoms with van der Waals surface area (Å²) in [7, 11) is -4.87. The van der Waals surface area contributed by atoms with E-state index in [0.29, 0.717) is 0 Å². The highest BCUT2D eigenvalue weighted by atomic mass is 32.2. The summed E-state index contributed by atoms with van der Waals surface area (Å²) in [6.07, 6.45) is -0.00533. The molecule has 3 nitrogen and oxygen atoms in total. The van der Waals surface area contributed by atoms with Crippen molar-refractivity contribution in [2.75, 3.05) is 0 Å². The summed E-state index contributed by atoms with van der Waals surface area (Å²) in [5.41, 5.74) is -0.498. The van der Waals surface area contributed by atoms with Gasteiger partial charge in [-0.25, -0.2) is 12.8 Å². The number of carbonyl (C=O) groups excluding carboxylic acids is 1. The molecule has 0 radical (unpaired) electrons. The molecule has 0 amide bonds. The van der Waals surface area contributed by atoms with Crippen LogP contribution in [0, 0.1) is 5.82 Å². The molecule has 1 aliphatic carbocycles. The Hall–Kier alpha value is -1.37. The van der Waals surface area contributed by atoms with E-state index < -0.39 is 37.7 Å². The Morgan fingerprint density at radius 3 is 2.41 bits per heavy atom. The van der Waals surface area contributed by atoms with Gasteiger partial charge in [-0.1, -0.05) is 0 Å². The zero-order chi connectivity index (χ0) is 12.8. The first-order chi connectivity index (χ1) is 7.85. The fourth-order valence-electron chi connectivity index (χ4n) is 1.85. The average molecular weight is 264 g/mol. The molecular formula is C10H7F3O3S. The maximum Gasteiger partial charge on any atom is 0.341 e. The maximum atomic E-state index is 13.3. The zero-order valence-electron chi connectivity index (χ0n) is 8.41. The molecule has 1 aliphatic rings. The van der Waals surface area contributed by atoms with Crippen molar-refractivity contribution < 1.29 is 26.4 Å². The molecule has 92 valence electrons. The second kappa shape index (κ2) is 3.83. The standard InChI is InChI=1S/C10H7F3O3S/c11-6-2-4-8(17(15,16)10(12)13)9-5(6)1-3-7(9)14/h2,4,10H,1,3H2. The van der Waals surface area contributed by atoms with Crippen LogP contribution < -0.4 is 0 Å². The van der Waals surface area contributed by atoms with Gasteiger partial charge >= 0.3 is 5.76 Å². The highest BCUT2D eigenvalue weighted by molar-refractivity contribution is 7.91. The number of ketones is 1. The van der Waals surface area contributed by atoms with Crippen molar-refractivity contribution in [2.24, 2.45) is 0 Å². The lowest BCUT2D eigenvalue weighted by Gasteiger charge is -2.08. The van der Waals surface area contributed by atoms with Gasteiger partial charge in [0.1, 0.15) is 5.82 Å². The highest BCUT2D eigenvalue weighted by Gasteiger charge is 2.35. The average Bonchev–Trinajstić information content (AvgIpc) is 2.62. The molecule has 0 aromatic heterocycles. The Labute approximate surface area is 95.2 Å². The summed E-state index contributed by atoms with van der Waals surface area (Å²) >= 11 is 0. The quantitative estimate of drug-likeness (QED) is 0.767. The van der Waals surface area contributed by atoms with Crippen LogP contribution in [-0.4, -0.2) is 20.0 Å². The van der Waals surface area contributed by atoms with Crippen molar-refractivity contribution in [3.8, 4) is 0 Å². The van der Waals surface area contributed by atoms with E-state index in [-0.39, 0.29) is 18.4 Å². The second-order valence-corrected chi connectivity index (χ2v) is 5.51. The molecule has 0 heterocycles. The third-order valence-electron chi connectivity index (χ3n) is 2.64. The van der Waals surface area contributed by atoms with Crippen LogP contribution in [0.15, 0.2) is 17.0 Å². The first kappa shape index (κ1) is 12.1. The molecule has 0 saturated heterocycles. The molecular weight excluding hydrogens is 257 g/mol. The fraction of sp³-hybridized carbons (Fsp3) is 0.300. The highest BCUT2D eigenvalue weighted by Crippen LogP contribution is 2.32. The molecule has 0 fully saturated rings. The smallest absolute Gasteiger partial charge is 0.294 e. The number of sulfone groups is 1. The molecule has 17 heavy (non-hydrogen) atoms. The van der Waals surface area contributed by atoms with E-state index in [9.17, 15) is 26.4 Å². The van der Waals surface area contributed by atoms with Crippen molar-refractivity contribution >= 4 is 15.6 Å². The Bertz CT molecular complexity index is 593. The third kappa shape index (κ3) is 1.74. The normalized spacial score (nSPS) is 15.4. The number of benzene rings is 1. The van der Waals surface area contributed by atoms with Crippen molar-refractivity contribution in [3.63, 3.8) is 0 Å². The summed E-state index contributed by atoms with van der Waals surface area (Å²) < 4.78 is 60.7. The first-order valence-corrected chi connectivity index (χ1v) is 6.27. The van der Waals surface area contributed by atoms with Crippen molar-refractivity contribution in [3.05, 3.63) is 29.1 Å². The van der Waals surface area contributed by atoms with Gasteiger partial charge in [0.2, 0.25) is 9.84 Å². The summed E-state index contributed by atoms with van der Waals surface area (Å²) in [5.74, 6) is -4.97. The number of alkyl halides is 2. The van der Waals surface area contributed by atoms with Gasteiger partial charge in [-0.15, -0.1) is 0 Å². The van der Waals surface area contributed by atoms with Gasteiger partial charge in [-0.2, -0.15) is 8.78 Å². The number of rotatable bonds is 2. The SMILES string of the molecule is O=C1CCc2c(F)ccc(S(=O)(=O)C(F)F)c21. The van der Waals surface area contributed by atoms with E-state index in [1.165, 1.54) is 0 Å². The number of halogens is 3. The summed E-state index contributed by atoms with van der Waals surface area (Å²) in [4.78, 5) is 10.7. The fourth-order valence-corrected chi connectivity index (χ4v) is 2.82. The van der Waals surface area contributed by atoms with Crippen LogP contribution in [-0.2, 0) is 16.3 Å². The molecule has 0 unspecified atom stereocenters. The van der Waals surface area contributed by atoms with E-state index in [1.807, 2.05) is 0 Å². The number of hydrogen-bond donors (Lipinski definition) is 0. The predicted octanol–water partition coefficient (Wildman–Crippen LogP) is 1.95. The molecule has 1 aromatic carbocycles. The monoisotopic (exact) mass is 264 g/mol. The van der Waals surface area contributed by atoms with E-state index in [1.54, 1.807) is 0 Å². The van der Waals surface area contributed by atoms with Crippen LogP contribution in [0.3, 0.4) is 0 Å². The van der Waals surface area contributed by atoms with Crippen molar-refractivity contribution in [2.45, 2.75) is 23.5 Å². The van der Waals surface area contributed by atoms with Gasteiger partial charge in [0.15, 0.2) is 5.78 Å². The molecule has 0 saturated carbocycles. The van der Waals surface area contributed by atoms with Gasteiger partial charge in [-0.05, 0) is 18.6 Å². The molecule has 0 atom stereocenters. The lowest BCUT2D eigenvalue weighted by Crippen LogP contribution is -2.15. The molecule has 1 aromatic rings.